The number of imidazole rings is 1. The number of aromatic nitrogens is 2. The van der Waals surface area contributed by atoms with E-state index in [0.717, 1.165) is 16.6 Å². The van der Waals surface area contributed by atoms with Crippen molar-refractivity contribution in [2.75, 3.05) is 13.2 Å². The van der Waals surface area contributed by atoms with Crippen LogP contribution in [0.1, 0.15) is 11.1 Å². The molecular formula is C27H27N3O4. The summed E-state index contributed by atoms with van der Waals surface area (Å²) in [5.41, 5.74) is 3.19. The van der Waals surface area contributed by atoms with Crippen LogP contribution in [-0.4, -0.2) is 39.1 Å². The van der Waals surface area contributed by atoms with Crippen molar-refractivity contribution in [2.45, 2.75) is 19.5 Å². The Bertz CT molecular complexity index is 1330. The molecule has 1 aromatic heterocycles. The van der Waals surface area contributed by atoms with Gasteiger partial charge in [0, 0.05) is 20.1 Å². The van der Waals surface area contributed by atoms with E-state index in [1.165, 1.54) is 9.13 Å². The van der Waals surface area contributed by atoms with Gasteiger partial charge in [-0.25, -0.2) is 4.79 Å². The van der Waals surface area contributed by atoms with Crippen LogP contribution in [0.5, 0.6) is 0 Å². The minimum absolute atomic E-state index is 0.254. The smallest absolute Gasteiger partial charge is 0.329 e. The van der Waals surface area contributed by atoms with Crippen molar-refractivity contribution in [1.82, 2.24) is 14.0 Å². The minimum Gasteiger partial charge on any atom is -0.454 e. The highest BCUT2D eigenvalue weighted by atomic mass is 16.5. The fraction of sp³-hybridized carbons (Fsp3) is 0.222. The molecule has 0 radical (unpaired) electrons. The van der Waals surface area contributed by atoms with E-state index in [9.17, 15) is 14.4 Å². The molecule has 174 valence electrons. The highest BCUT2D eigenvalue weighted by Crippen LogP contribution is 2.12. The Kier molecular flexibility index (Phi) is 7.22. The molecule has 0 unspecified atom stereocenters. The van der Waals surface area contributed by atoms with Crippen molar-refractivity contribution in [3.05, 3.63) is 107 Å². The van der Waals surface area contributed by atoms with Crippen LogP contribution in [0.15, 0.2) is 89.7 Å². The summed E-state index contributed by atoms with van der Waals surface area (Å²) in [7, 11) is 1.66. The monoisotopic (exact) mass is 457 g/mol. The Balaban J connectivity index is 1.41. The molecule has 34 heavy (non-hydrogen) atoms. The normalized spacial score (nSPS) is 10.9. The third-order valence-corrected chi connectivity index (χ3v) is 5.78. The molecule has 0 aliphatic heterocycles. The van der Waals surface area contributed by atoms with E-state index < -0.39 is 5.97 Å². The Morgan fingerprint density at radius 1 is 0.824 bits per heavy atom. The topological polar surface area (TPSA) is 73.5 Å². The van der Waals surface area contributed by atoms with Crippen molar-refractivity contribution < 1.29 is 14.3 Å². The summed E-state index contributed by atoms with van der Waals surface area (Å²) in [6, 6.07) is 26.9. The van der Waals surface area contributed by atoms with Gasteiger partial charge in [-0.1, -0.05) is 72.8 Å². The van der Waals surface area contributed by atoms with Gasteiger partial charge in [0.2, 0.25) is 0 Å². The molecule has 0 bridgehead atoms. The second-order valence-corrected chi connectivity index (χ2v) is 8.11. The molecule has 1 amide bonds. The highest BCUT2D eigenvalue weighted by molar-refractivity contribution is 5.82. The second-order valence-electron chi connectivity index (χ2n) is 8.11. The number of carbonyl (C=O) groups excluding carboxylic acids is 2. The van der Waals surface area contributed by atoms with Crippen LogP contribution in [0.2, 0.25) is 0 Å². The van der Waals surface area contributed by atoms with E-state index >= 15 is 0 Å². The van der Waals surface area contributed by atoms with Gasteiger partial charge in [0.05, 0.1) is 11.0 Å². The predicted octanol–water partition coefficient (Wildman–Crippen LogP) is 3.15. The average molecular weight is 458 g/mol. The van der Waals surface area contributed by atoms with Crippen molar-refractivity contribution in [1.29, 1.82) is 0 Å². The van der Waals surface area contributed by atoms with Crippen molar-refractivity contribution in [3.8, 4) is 0 Å². The number of carbonyl (C=O) groups is 2. The molecule has 7 heteroatoms. The predicted molar refractivity (Wildman–Crippen MR) is 130 cm³/mol. The zero-order valence-electron chi connectivity index (χ0n) is 19.1. The number of para-hydroxylation sites is 2. The average Bonchev–Trinajstić information content (AvgIpc) is 3.11. The van der Waals surface area contributed by atoms with Gasteiger partial charge in [-0.15, -0.1) is 0 Å². The van der Waals surface area contributed by atoms with Crippen LogP contribution < -0.4 is 5.69 Å². The number of benzene rings is 3. The number of fused-ring (bicyclic) bond motifs is 1. The van der Waals surface area contributed by atoms with Crippen LogP contribution in [0.4, 0.5) is 0 Å². The van der Waals surface area contributed by atoms with E-state index in [-0.39, 0.29) is 24.7 Å². The van der Waals surface area contributed by atoms with Gasteiger partial charge in [0.25, 0.3) is 5.91 Å². The third kappa shape index (κ3) is 5.43. The first-order chi connectivity index (χ1) is 16.5. The van der Waals surface area contributed by atoms with Gasteiger partial charge in [-0.2, -0.15) is 0 Å². The minimum atomic E-state index is -0.630. The van der Waals surface area contributed by atoms with E-state index in [1.807, 2.05) is 72.8 Å². The lowest BCUT2D eigenvalue weighted by molar-refractivity contribution is -0.152. The summed E-state index contributed by atoms with van der Waals surface area (Å²) in [4.78, 5) is 39.7. The van der Waals surface area contributed by atoms with Crippen LogP contribution in [0.25, 0.3) is 11.0 Å². The largest absolute Gasteiger partial charge is 0.454 e. The van der Waals surface area contributed by atoms with Gasteiger partial charge in [0.15, 0.2) is 6.61 Å². The zero-order chi connectivity index (χ0) is 23.9. The number of aryl methyl sites for hydroxylation is 1. The molecule has 0 spiro atoms. The Morgan fingerprint density at radius 2 is 1.41 bits per heavy atom. The van der Waals surface area contributed by atoms with Gasteiger partial charge < -0.3 is 9.64 Å². The number of hydrogen-bond acceptors (Lipinski definition) is 4. The lowest BCUT2D eigenvalue weighted by Crippen LogP contribution is -2.36. The second kappa shape index (κ2) is 10.7. The lowest BCUT2D eigenvalue weighted by Gasteiger charge is -2.23. The van der Waals surface area contributed by atoms with Crippen LogP contribution in [0, 0.1) is 0 Å². The molecule has 0 aliphatic rings. The Hall–Kier alpha value is -4.13. The summed E-state index contributed by atoms with van der Waals surface area (Å²) < 4.78 is 8.14. The maximum Gasteiger partial charge on any atom is 0.329 e. The molecule has 3 aromatic carbocycles. The van der Waals surface area contributed by atoms with Gasteiger partial charge >= 0.3 is 11.7 Å². The SMILES string of the molecule is Cn1c(=O)n(CC(=O)OCC(=O)N(CCc2ccccc2)Cc2ccccc2)c2ccccc21. The first-order valence-corrected chi connectivity index (χ1v) is 11.2. The Morgan fingerprint density at radius 3 is 2.09 bits per heavy atom. The van der Waals surface area contributed by atoms with E-state index in [1.54, 1.807) is 24.1 Å². The third-order valence-electron chi connectivity index (χ3n) is 5.78. The molecule has 0 saturated carbocycles. The first-order valence-electron chi connectivity index (χ1n) is 11.2. The van der Waals surface area contributed by atoms with E-state index in [4.69, 9.17) is 4.74 Å². The number of esters is 1. The summed E-state index contributed by atoms with van der Waals surface area (Å²) in [5.74, 6) is -0.909. The summed E-state index contributed by atoms with van der Waals surface area (Å²) in [5, 5.41) is 0. The molecule has 0 aliphatic carbocycles. The van der Waals surface area contributed by atoms with Crippen LogP contribution in [-0.2, 0) is 40.9 Å². The molecule has 0 saturated heterocycles. The summed E-state index contributed by atoms with van der Waals surface area (Å²) in [6.45, 7) is 0.293. The molecule has 0 fully saturated rings. The quantitative estimate of drug-likeness (QED) is 0.362. The summed E-state index contributed by atoms with van der Waals surface area (Å²) in [6.07, 6.45) is 0.693. The number of nitrogens with zero attached hydrogens (tertiary/aromatic N) is 3. The van der Waals surface area contributed by atoms with Crippen molar-refractivity contribution in [2.24, 2.45) is 7.05 Å². The molecule has 1 heterocycles. The number of ether oxygens (including phenoxy) is 1. The van der Waals surface area contributed by atoms with Crippen molar-refractivity contribution in [3.63, 3.8) is 0 Å². The van der Waals surface area contributed by atoms with Crippen molar-refractivity contribution >= 4 is 22.9 Å². The molecule has 0 atom stereocenters. The zero-order valence-corrected chi connectivity index (χ0v) is 19.1. The van der Waals surface area contributed by atoms with E-state index in [0.29, 0.717) is 25.0 Å². The standard InChI is InChI=1S/C27H27N3O4/c1-28-23-14-8-9-15-24(23)30(27(28)33)19-26(32)34-20-25(31)29(18-22-12-6-3-7-13-22)17-16-21-10-4-2-5-11-21/h2-15H,16-20H2,1H3. The number of rotatable bonds is 9. The van der Waals surface area contributed by atoms with Gasteiger partial charge in [0.1, 0.15) is 6.54 Å². The molecule has 4 rings (SSSR count). The van der Waals surface area contributed by atoms with E-state index in [2.05, 4.69) is 0 Å². The maximum atomic E-state index is 13.0. The van der Waals surface area contributed by atoms with Crippen LogP contribution >= 0.6 is 0 Å². The molecule has 7 nitrogen and oxygen atoms in total. The van der Waals surface area contributed by atoms with Gasteiger partial charge in [-0.05, 0) is 29.7 Å². The summed E-state index contributed by atoms with van der Waals surface area (Å²) >= 11 is 0. The lowest BCUT2D eigenvalue weighted by atomic mass is 10.1. The molecule has 0 N–H and O–H groups in total. The number of amides is 1. The highest BCUT2D eigenvalue weighted by Gasteiger charge is 2.18. The number of hydrogen-bond donors (Lipinski definition) is 0. The fourth-order valence-electron chi connectivity index (χ4n) is 3.93. The Labute approximate surface area is 197 Å². The van der Waals surface area contributed by atoms with Gasteiger partial charge in [-0.3, -0.25) is 18.7 Å². The fourth-order valence-corrected chi connectivity index (χ4v) is 3.93. The first kappa shape index (κ1) is 23.0. The maximum absolute atomic E-state index is 13.0. The van der Waals surface area contributed by atoms with Crippen LogP contribution in [0.3, 0.4) is 0 Å². The molecule has 4 aromatic rings. The molecular weight excluding hydrogens is 430 g/mol.